The molecule has 1 unspecified atom stereocenters. The summed E-state index contributed by atoms with van der Waals surface area (Å²) in [6.07, 6.45) is 2.33. The fourth-order valence-corrected chi connectivity index (χ4v) is 3.15. The van der Waals surface area contributed by atoms with Crippen LogP contribution in [0.2, 0.25) is 0 Å². The van der Waals surface area contributed by atoms with Crippen molar-refractivity contribution in [2.75, 3.05) is 18.8 Å². The number of halogens is 1. The van der Waals surface area contributed by atoms with Gasteiger partial charge in [0.05, 0.1) is 5.75 Å². The highest BCUT2D eigenvalue weighted by atomic mass is 35.5. The maximum Gasteiger partial charge on any atom is 0.209 e. The summed E-state index contributed by atoms with van der Waals surface area (Å²) in [5.74, 6) is 0.410. The molecule has 0 aromatic rings. The van der Waals surface area contributed by atoms with Crippen LogP contribution in [0.15, 0.2) is 0 Å². The summed E-state index contributed by atoms with van der Waals surface area (Å²) < 4.78 is 21.7. The van der Waals surface area contributed by atoms with Gasteiger partial charge < -0.3 is 5.32 Å². The average molecular weight is 227 g/mol. The summed E-state index contributed by atoms with van der Waals surface area (Å²) >= 11 is 0. The molecule has 1 saturated heterocycles. The summed E-state index contributed by atoms with van der Waals surface area (Å²) in [6.45, 7) is 1.80. The Morgan fingerprint density at radius 1 is 1.46 bits per heavy atom. The van der Waals surface area contributed by atoms with Gasteiger partial charge in [-0.1, -0.05) is 0 Å². The Labute approximate surface area is 84.7 Å². The van der Waals surface area contributed by atoms with Crippen molar-refractivity contribution < 1.29 is 8.42 Å². The second kappa shape index (κ2) is 3.38. The van der Waals surface area contributed by atoms with Crippen molar-refractivity contribution in [2.24, 2.45) is 16.5 Å². The van der Waals surface area contributed by atoms with Crippen molar-refractivity contribution in [2.45, 2.75) is 12.8 Å². The van der Waals surface area contributed by atoms with Crippen LogP contribution >= 0.6 is 12.4 Å². The van der Waals surface area contributed by atoms with Crippen LogP contribution in [0, 0.1) is 11.3 Å². The molecule has 0 aromatic heterocycles. The van der Waals surface area contributed by atoms with Crippen molar-refractivity contribution >= 4 is 22.4 Å². The van der Waals surface area contributed by atoms with Gasteiger partial charge in [-0.05, 0) is 30.7 Å². The number of nitrogens with one attached hydrogen (secondary N) is 1. The first kappa shape index (κ1) is 11.2. The zero-order chi connectivity index (χ0) is 8.82. The van der Waals surface area contributed by atoms with Gasteiger partial charge in [-0.25, -0.2) is 13.6 Å². The topological polar surface area (TPSA) is 72.2 Å². The summed E-state index contributed by atoms with van der Waals surface area (Å²) in [4.78, 5) is 0. The lowest BCUT2D eigenvalue weighted by atomic mass is 9.95. The average Bonchev–Trinajstić information content (AvgIpc) is 2.54. The smallest absolute Gasteiger partial charge is 0.209 e. The minimum Gasteiger partial charge on any atom is -0.316 e. The van der Waals surface area contributed by atoms with Crippen LogP contribution in [-0.2, 0) is 10.0 Å². The van der Waals surface area contributed by atoms with E-state index < -0.39 is 10.0 Å². The standard InChI is InChI=1S/C7H14N2O2S.ClH/c8-12(10,11)4-6-3-9-5-7(6)1-2-7;/h6,9H,1-5H2,(H2,8,10,11);1H. The van der Waals surface area contributed by atoms with E-state index in [4.69, 9.17) is 5.14 Å². The van der Waals surface area contributed by atoms with Crippen LogP contribution in [0.4, 0.5) is 0 Å². The lowest BCUT2D eigenvalue weighted by Gasteiger charge is -2.14. The van der Waals surface area contributed by atoms with Gasteiger partial charge in [0, 0.05) is 6.54 Å². The minimum absolute atomic E-state index is 0. The van der Waals surface area contributed by atoms with E-state index in [1.807, 2.05) is 0 Å². The fourth-order valence-electron chi connectivity index (χ4n) is 2.12. The molecule has 3 N–H and O–H groups in total. The minimum atomic E-state index is -3.28. The summed E-state index contributed by atoms with van der Waals surface area (Å²) in [6, 6.07) is 0. The SMILES string of the molecule is Cl.NS(=O)(=O)CC1CNCC12CC2. The number of primary sulfonamides is 1. The molecule has 78 valence electrons. The number of rotatable bonds is 2. The van der Waals surface area contributed by atoms with Crippen molar-refractivity contribution in [1.29, 1.82) is 0 Å². The maximum absolute atomic E-state index is 10.9. The van der Waals surface area contributed by atoms with E-state index >= 15 is 0 Å². The van der Waals surface area contributed by atoms with E-state index in [9.17, 15) is 8.42 Å². The number of hydrogen-bond donors (Lipinski definition) is 2. The monoisotopic (exact) mass is 226 g/mol. The maximum atomic E-state index is 10.9. The largest absolute Gasteiger partial charge is 0.316 e. The normalized spacial score (nSPS) is 30.1. The molecule has 1 heterocycles. The third kappa shape index (κ3) is 2.34. The molecule has 1 aliphatic heterocycles. The van der Waals surface area contributed by atoms with Crippen molar-refractivity contribution in [3.05, 3.63) is 0 Å². The van der Waals surface area contributed by atoms with Crippen LogP contribution < -0.4 is 10.5 Å². The van der Waals surface area contributed by atoms with E-state index in [1.54, 1.807) is 0 Å². The first-order chi connectivity index (χ1) is 5.52. The predicted molar refractivity (Wildman–Crippen MR) is 53.2 cm³/mol. The first-order valence-electron chi connectivity index (χ1n) is 4.23. The second-order valence-electron chi connectivity index (χ2n) is 4.02. The molecule has 6 heteroatoms. The van der Waals surface area contributed by atoms with Gasteiger partial charge in [0.1, 0.15) is 0 Å². The molecule has 2 fully saturated rings. The number of sulfonamides is 1. The van der Waals surface area contributed by atoms with E-state index in [2.05, 4.69) is 5.32 Å². The van der Waals surface area contributed by atoms with Crippen LogP contribution in [0.1, 0.15) is 12.8 Å². The Bertz CT molecular complexity index is 287. The second-order valence-corrected chi connectivity index (χ2v) is 5.68. The quantitative estimate of drug-likeness (QED) is 0.679. The molecular weight excluding hydrogens is 212 g/mol. The van der Waals surface area contributed by atoms with Crippen molar-refractivity contribution in [3.8, 4) is 0 Å². The highest BCUT2D eigenvalue weighted by molar-refractivity contribution is 7.89. The molecule has 2 aliphatic rings. The van der Waals surface area contributed by atoms with Crippen LogP contribution in [0.5, 0.6) is 0 Å². The molecule has 0 amide bonds. The molecule has 4 nitrogen and oxygen atoms in total. The summed E-state index contributed by atoms with van der Waals surface area (Å²) in [7, 11) is -3.28. The van der Waals surface area contributed by atoms with Gasteiger partial charge in [0.25, 0.3) is 0 Å². The van der Waals surface area contributed by atoms with Crippen molar-refractivity contribution in [1.82, 2.24) is 5.32 Å². The molecule has 2 rings (SSSR count). The van der Waals surface area contributed by atoms with Gasteiger partial charge >= 0.3 is 0 Å². The molecule has 13 heavy (non-hydrogen) atoms. The Balaban J connectivity index is 0.000000845. The van der Waals surface area contributed by atoms with E-state index in [1.165, 1.54) is 12.8 Å². The van der Waals surface area contributed by atoms with E-state index in [-0.39, 0.29) is 24.1 Å². The molecule has 1 saturated carbocycles. The number of nitrogens with two attached hydrogens (primary N) is 1. The third-order valence-corrected chi connectivity index (χ3v) is 3.93. The highest BCUT2D eigenvalue weighted by Gasteiger charge is 2.52. The van der Waals surface area contributed by atoms with Crippen molar-refractivity contribution in [3.63, 3.8) is 0 Å². The lowest BCUT2D eigenvalue weighted by molar-refractivity contribution is 0.430. The molecular formula is C7H15ClN2O2S. The van der Waals surface area contributed by atoms with Gasteiger partial charge in [-0.15, -0.1) is 12.4 Å². The van der Waals surface area contributed by atoms with Crippen LogP contribution in [0.25, 0.3) is 0 Å². The molecule has 1 aliphatic carbocycles. The highest BCUT2D eigenvalue weighted by Crippen LogP contribution is 2.53. The predicted octanol–water partition coefficient (Wildman–Crippen LogP) is -0.304. The van der Waals surface area contributed by atoms with Gasteiger partial charge in [-0.2, -0.15) is 0 Å². The zero-order valence-electron chi connectivity index (χ0n) is 7.32. The zero-order valence-corrected chi connectivity index (χ0v) is 8.96. The summed E-state index contributed by atoms with van der Waals surface area (Å²) in [5.41, 5.74) is 0.298. The van der Waals surface area contributed by atoms with E-state index in [0.717, 1.165) is 13.1 Å². The molecule has 0 aromatic carbocycles. The lowest BCUT2D eigenvalue weighted by Crippen LogP contribution is -2.28. The third-order valence-electron chi connectivity index (χ3n) is 3.06. The fraction of sp³-hybridized carbons (Fsp3) is 1.00. The van der Waals surface area contributed by atoms with Crippen LogP contribution in [0.3, 0.4) is 0 Å². The molecule has 0 bridgehead atoms. The Morgan fingerprint density at radius 3 is 2.54 bits per heavy atom. The van der Waals surface area contributed by atoms with Gasteiger partial charge in [-0.3, -0.25) is 0 Å². The van der Waals surface area contributed by atoms with Gasteiger partial charge in [0.2, 0.25) is 10.0 Å². The van der Waals surface area contributed by atoms with Crippen LogP contribution in [-0.4, -0.2) is 27.3 Å². The molecule has 1 spiro atoms. The molecule has 0 radical (unpaired) electrons. The van der Waals surface area contributed by atoms with E-state index in [0.29, 0.717) is 5.41 Å². The van der Waals surface area contributed by atoms with Gasteiger partial charge in [0.15, 0.2) is 0 Å². The molecule has 1 atom stereocenters. The summed E-state index contributed by atoms with van der Waals surface area (Å²) in [5, 5.41) is 8.24. The Morgan fingerprint density at radius 2 is 2.08 bits per heavy atom. The number of hydrogen-bond acceptors (Lipinski definition) is 3. The Kier molecular flexibility index (Phi) is 2.92. The first-order valence-corrected chi connectivity index (χ1v) is 5.95. The Hall–Kier alpha value is 0.160.